The van der Waals surface area contributed by atoms with Crippen LogP contribution >= 0.6 is 31.9 Å². The third kappa shape index (κ3) is 5.27. The molecule has 5 heteroatoms. The number of hydrogen-bond acceptors (Lipinski definition) is 3. The number of carbonyl (C=O) groups excluding carboxylic acids is 2. The Morgan fingerprint density at radius 2 is 1.25 bits per heavy atom. The van der Waals surface area contributed by atoms with Gasteiger partial charge in [-0.05, 0) is 67.6 Å². The average Bonchev–Trinajstić information content (AvgIpc) is 2.69. The van der Waals surface area contributed by atoms with Gasteiger partial charge in [0, 0.05) is 26.1 Å². The van der Waals surface area contributed by atoms with Crippen LogP contribution in [0.3, 0.4) is 0 Å². The van der Waals surface area contributed by atoms with Crippen LogP contribution in [0.2, 0.25) is 0 Å². The lowest BCUT2D eigenvalue weighted by Crippen LogP contribution is -2.12. The van der Waals surface area contributed by atoms with E-state index in [1.54, 1.807) is 60.7 Å². The van der Waals surface area contributed by atoms with E-state index in [0.29, 0.717) is 16.9 Å². The van der Waals surface area contributed by atoms with Gasteiger partial charge in [0.1, 0.15) is 5.75 Å². The van der Waals surface area contributed by atoms with Crippen LogP contribution in [0.25, 0.3) is 0 Å². The second-order valence-electron chi connectivity index (χ2n) is 6.13. The number of ether oxygens (including phenoxy) is 1. The topological polar surface area (TPSA) is 43.4 Å². The van der Waals surface area contributed by atoms with Gasteiger partial charge in [0.2, 0.25) is 5.78 Å². The minimum Gasteiger partial charge on any atom is -0.453 e. The van der Waals surface area contributed by atoms with Gasteiger partial charge in [-0.15, -0.1) is 0 Å². The van der Waals surface area contributed by atoms with Gasteiger partial charge in [-0.2, -0.15) is 0 Å². The molecule has 0 unspecified atom stereocenters. The second-order valence-corrected chi connectivity index (χ2v) is 7.96. The van der Waals surface area contributed by atoms with Crippen molar-refractivity contribution < 1.29 is 14.3 Å². The fourth-order valence-electron chi connectivity index (χ4n) is 2.43. The van der Waals surface area contributed by atoms with Gasteiger partial charge in [-0.1, -0.05) is 49.6 Å². The number of Topliss-reactive ketones (excluding diaryl/α,β-unsaturated/α-hetero) is 1. The number of rotatable bonds is 6. The largest absolute Gasteiger partial charge is 0.453 e. The first-order valence-corrected chi connectivity index (χ1v) is 10.1. The van der Waals surface area contributed by atoms with Crippen molar-refractivity contribution in [3.63, 3.8) is 0 Å². The molecule has 0 saturated carbocycles. The molecule has 0 amide bonds. The highest BCUT2D eigenvalue weighted by Crippen LogP contribution is 2.20. The Morgan fingerprint density at radius 3 is 1.79 bits per heavy atom. The number of ketones is 2. The molecule has 0 fully saturated rings. The molecule has 0 bridgehead atoms. The van der Waals surface area contributed by atoms with Crippen LogP contribution in [-0.4, -0.2) is 11.6 Å². The van der Waals surface area contributed by atoms with E-state index < -0.39 is 0 Å². The average molecular weight is 500 g/mol. The molecule has 140 valence electrons. The van der Waals surface area contributed by atoms with Crippen molar-refractivity contribution in [2.45, 2.75) is 6.92 Å². The van der Waals surface area contributed by atoms with Gasteiger partial charge in [0.15, 0.2) is 11.5 Å². The van der Waals surface area contributed by atoms with Gasteiger partial charge in [-0.25, -0.2) is 0 Å². The normalized spacial score (nSPS) is 11.2. The fourth-order valence-corrected chi connectivity index (χ4v) is 2.96. The molecule has 0 saturated heterocycles. The van der Waals surface area contributed by atoms with E-state index in [0.717, 1.165) is 14.5 Å². The molecule has 3 rings (SSSR count). The summed E-state index contributed by atoms with van der Waals surface area (Å²) >= 11 is 6.70. The van der Waals surface area contributed by atoms with Crippen LogP contribution in [0.15, 0.2) is 93.6 Å². The number of hydrogen-bond donors (Lipinski definition) is 0. The zero-order valence-electron chi connectivity index (χ0n) is 15.0. The van der Waals surface area contributed by atoms with Crippen molar-refractivity contribution in [2.24, 2.45) is 0 Å². The fraction of sp³-hybridized carbons (Fsp3) is 0.0435. The molecule has 3 aromatic carbocycles. The van der Waals surface area contributed by atoms with E-state index in [-0.39, 0.29) is 17.3 Å². The maximum absolute atomic E-state index is 13.0. The number of halogens is 2. The summed E-state index contributed by atoms with van der Waals surface area (Å²) in [7, 11) is 0. The number of carbonyl (C=O) groups is 2. The second kappa shape index (κ2) is 9.13. The summed E-state index contributed by atoms with van der Waals surface area (Å²) in [5.74, 6) is -0.205. The Morgan fingerprint density at radius 1 is 0.750 bits per heavy atom. The van der Waals surface area contributed by atoms with Crippen molar-refractivity contribution in [2.75, 3.05) is 0 Å². The van der Waals surface area contributed by atoms with E-state index in [9.17, 15) is 9.59 Å². The van der Waals surface area contributed by atoms with Gasteiger partial charge < -0.3 is 4.74 Å². The highest BCUT2D eigenvalue weighted by Gasteiger charge is 2.17. The smallest absolute Gasteiger partial charge is 0.228 e. The quantitative estimate of drug-likeness (QED) is 0.219. The summed E-state index contributed by atoms with van der Waals surface area (Å²) in [6.45, 7) is 1.96. The highest BCUT2D eigenvalue weighted by molar-refractivity contribution is 9.10. The summed E-state index contributed by atoms with van der Waals surface area (Å²) in [5, 5.41) is 0. The summed E-state index contributed by atoms with van der Waals surface area (Å²) in [6.07, 6.45) is 1.24. The molecular formula is C23H16Br2O3. The van der Waals surface area contributed by atoms with Gasteiger partial charge >= 0.3 is 0 Å². The van der Waals surface area contributed by atoms with Gasteiger partial charge in [0.25, 0.3) is 0 Å². The molecule has 28 heavy (non-hydrogen) atoms. The van der Waals surface area contributed by atoms with Crippen LogP contribution in [0, 0.1) is 6.92 Å². The maximum atomic E-state index is 13.0. The van der Waals surface area contributed by atoms with E-state index in [1.165, 1.54) is 6.08 Å². The summed E-state index contributed by atoms with van der Waals surface area (Å²) in [6, 6.07) is 21.1. The molecule has 0 spiro atoms. The molecule has 0 atom stereocenters. The first kappa shape index (κ1) is 20.2. The van der Waals surface area contributed by atoms with E-state index in [1.807, 2.05) is 19.1 Å². The first-order valence-electron chi connectivity index (χ1n) is 8.49. The molecule has 0 aliphatic rings. The molecule has 0 aliphatic heterocycles. The molecule has 3 aromatic rings. The molecular weight excluding hydrogens is 484 g/mol. The Balaban J connectivity index is 1.96. The Bertz CT molecular complexity index is 1020. The van der Waals surface area contributed by atoms with Gasteiger partial charge in [-0.3, -0.25) is 9.59 Å². The first-order chi connectivity index (χ1) is 13.4. The van der Waals surface area contributed by atoms with Crippen LogP contribution in [0.1, 0.15) is 26.3 Å². The summed E-state index contributed by atoms with van der Waals surface area (Å²) in [4.78, 5) is 25.6. The van der Waals surface area contributed by atoms with Crippen molar-refractivity contribution in [1.82, 2.24) is 0 Å². The maximum Gasteiger partial charge on any atom is 0.228 e. The molecule has 0 aliphatic carbocycles. The summed E-state index contributed by atoms with van der Waals surface area (Å²) in [5.41, 5.74) is 1.98. The number of allylic oxidation sites excluding steroid dienone is 2. The number of aryl methyl sites for hydroxylation is 1. The molecule has 0 aromatic heterocycles. The van der Waals surface area contributed by atoms with Crippen molar-refractivity contribution in [1.29, 1.82) is 0 Å². The number of benzene rings is 3. The lowest BCUT2D eigenvalue weighted by molar-refractivity contribution is 0.0968. The van der Waals surface area contributed by atoms with Gasteiger partial charge in [0.05, 0.1) is 0 Å². The van der Waals surface area contributed by atoms with Crippen molar-refractivity contribution in [3.05, 3.63) is 110 Å². The van der Waals surface area contributed by atoms with Crippen molar-refractivity contribution in [3.8, 4) is 5.75 Å². The van der Waals surface area contributed by atoms with Crippen LogP contribution in [0.5, 0.6) is 5.75 Å². The lowest BCUT2D eigenvalue weighted by Gasteiger charge is -2.10. The predicted octanol–water partition coefficient (Wildman–Crippen LogP) is 6.55. The lowest BCUT2D eigenvalue weighted by atomic mass is 10.1. The SMILES string of the molecule is Cc1ccc(O/C(=C/C(=O)c2ccc(Br)cc2)C(=O)c2ccc(Br)cc2)cc1. The van der Waals surface area contributed by atoms with Crippen molar-refractivity contribution >= 4 is 43.4 Å². The van der Waals surface area contributed by atoms with Crippen LogP contribution in [-0.2, 0) is 0 Å². The Hall–Kier alpha value is -2.50. The monoisotopic (exact) mass is 498 g/mol. The summed E-state index contributed by atoms with van der Waals surface area (Å²) < 4.78 is 7.53. The zero-order chi connectivity index (χ0) is 20.1. The Labute approximate surface area is 180 Å². The van der Waals surface area contributed by atoms with E-state index in [4.69, 9.17) is 4.74 Å². The Kier molecular flexibility index (Phi) is 6.60. The van der Waals surface area contributed by atoms with Crippen LogP contribution in [0.4, 0.5) is 0 Å². The van der Waals surface area contributed by atoms with E-state index in [2.05, 4.69) is 31.9 Å². The standard InChI is InChI=1S/C23H16Br2O3/c1-15-2-12-20(13-3-15)28-22(23(27)17-6-10-19(25)11-7-17)14-21(26)16-4-8-18(24)9-5-16/h2-14H,1H3/b22-14+. The third-order valence-corrected chi connectivity index (χ3v) is 5.03. The minimum atomic E-state index is -0.362. The highest BCUT2D eigenvalue weighted by atomic mass is 79.9. The zero-order valence-corrected chi connectivity index (χ0v) is 18.2. The minimum absolute atomic E-state index is 0.0286. The molecule has 0 N–H and O–H groups in total. The predicted molar refractivity (Wildman–Crippen MR) is 117 cm³/mol. The molecule has 0 radical (unpaired) electrons. The van der Waals surface area contributed by atoms with E-state index >= 15 is 0 Å². The molecule has 0 heterocycles. The third-order valence-electron chi connectivity index (χ3n) is 3.97. The van der Waals surface area contributed by atoms with Crippen LogP contribution < -0.4 is 4.74 Å². The molecule has 3 nitrogen and oxygen atoms in total.